The fraction of sp³-hybridized carbons (Fsp3) is 0.375. The molecule has 2 rings (SSSR count). The summed E-state index contributed by atoms with van der Waals surface area (Å²) >= 11 is 0. The van der Waals surface area contributed by atoms with E-state index in [0.717, 1.165) is 50.0 Å². The van der Waals surface area contributed by atoms with Crippen LogP contribution < -0.4 is 0 Å². The molecule has 0 spiro atoms. The van der Waals surface area contributed by atoms with Crippen LogP contribution in [0.3, 0.4) is 0 Å². The molecule has 0 radical (unpaired) electrons. The van der Waals surface area contributed by atoms with E-state index in [1.807, 2.05) is 12.1 Å². The minimum Gasteiger partial charge on any atom is -0.381 e. The Morgan fingerprint density at radius 1 is 0.963 bits per heavy atom. The van der Waals surface area contributed by atoms with Crippen molar-refractivity contribution in [3.8, 4) is 11.8 Å². The van der Waals surface area contributed by atoms with Crippen LogP contribution in [0.25, 0.3) is 0 Å². The van der Waals surface area contributed by atoms with Gasteiger partial charge in [-0.05, 0) is 62.4 Å². The van der Waals surface area contributed by atoms with Crippen LogP contribution in [0.5, 0.6) is 0 Å². The second-order valence-corrected chi connectivity index (χ2v) is 6.61. The Bertz CT molecular complexity index is 797. The van der Waals surface area contributed by atoms with Crippen molar-refractivity contribution in [2.24, 2.45) is 0 Å². The average Bonchev–Trinajstić information content (AvgIpc) is 2.67. The molecule has 0 saturated heterocycles. The van der Waals surface area contributed by atoms with Gasteiger partial charge in [-0.25, -0.2) is 4.39 Å². The highest BCUT2D eigenvalue weighted by Gasteiger charge is 2.03. The molecule has 0 N–H and O–H groups in total. The van der Waals surface area contributed by atoms with Crippen molar-refractivity contribution in [3.63, 3.8) is 0 Å². The van der Waals surface area contributed by atoms with Crippen molar-refractivity contribution in [2.45, 2.75) is 46.0 Å². The van der Waals surface area contributed by atoms with E-state index in [0.29, 0.717) is 17.5 Å². The van der Waals surface area contributed by atoms with Crippen molar-refractivity contribution < 1.29 is 13.9 Å². The van der Waals surface area contributed by atoms with E-state index < -0.39 is 0 Å². The smallest absolute Gasteiger partial charge is 0.159 e. The summed E-state index contributed by atoms with van der Waals surface area (Å²) in [6.45, 7) is 5.23. The van der Waals surface area contributed by atoms with E-state index in [2.05, 4.69) is 18.8 Å². The minimum atomic E-state index is -0.208. The molecule has 0 saturated carbocycles. The summed E-state index contributed by atoms with van der Waals surface area (Å²) in [6, 6.07) is 12.3. The molecule has 0 aliphatic rings. The summed E-state index contributed by atoms with van der Waals surface area (Å²) in [4.78, 5) is 11.3. The number of unbranched alkanes of at least 4 members (excludes halogenated alkanes) is 2. The fourth-order valence-electron chi connectivity index (χ4n) is 2.63. The molecule has 0 atom stereocenters. The molecule has 0 aliphatic heterocycles. The maximum absolute atomic E-state index is 14.3. The Labute approximate surface area is 161 Å². The Hall–Kier alpha value is -2.44. The first kappa shape index (κ1) is 20.9. The number of benzene rings is 2. The normalized spacial score (nSPS) is 10.3. The van der Waals surface area contributed by atoms with E-state index >= 15 is 0 Å². The van der Waals surface area contributed by atoms with E-state index in [1.165, 1.54) is 13.0 Å². The molecule has 0 fully saturated rings. The van der Waals surface area contributed by atoms with Crippen LogP contribution in [0, 0.1) is 17.7 Å². The van der Waals surface area contributed by atoms with Gasteiger partial charge < -0.3 is 4.74 Å². The summed E-state index contributed by atoms with van der Waals surface area (Å²) in [5.74, 6) is 5.80. The molecule has 0 bridgehead atoms. The van der Waals surface area contributed by atoms with E-state index in [1.54, 1.807) is 24.3 Å². The number of hydrogen-bond donors (Lipinski definition) is 0. The number of ether oxygens (including phenoxy) is 1. The van der Waals surface area contributed by atoms with Crippen LogP contribution in [0.2, 0.25) is 0 Å². The first-order valence-electron chi connectivity index (χ1n) is 9.59. The summed E-state index contributed by atoms with van der Waals surface area (Å²) in [7, 11) is 0. The highest BCUT2D eigenvalue weighted by Crippen LogP contribution is 2.13. The van der Waals surface area contributed by atoms with Crippen molar-refractivity contribution in [1.82, 2.24) is 0 Å². The zero-order chi connectivity index (χ0) is 19.5. The molecule has 27 heavy (non-hydrogen) atoms. The van der Waals surface area contributed by atoms with Crippen LogP contribution in [0.1, 0.15) is 66.6 Å². The van der Waals surface area contributed by atoms with Gasteiger partial charge in [0.05, 0.1) is 0 Å². The standard InChI is InChI=1S/C24H27FO2/c1-3-4-16-27-17-6-5-7-23-15-12-21(18-24(23)25)9-8-20-10-13-22(14-11-20)19(2)26/h10-15,18H,3-7,16-17H2,1-2H3. The maximum atomic E-state index is 14.3. The fourth-order valence-corrected chi connectivity index (χ4v) is 2.63. The topological polar surface area (TPSA) is 26.3 Å². The van der Waals surface area contributed by atoms with Crippen LogP contribution in [0.15, 0.2) is 42.5 Å². The number of Topliss-reactive ketones (excluding diaryl/α,β-unsaturated/α-hetero) is 1. The third kappa shape index (κ3) is 7.37. The third-order valence-corrected chi connectivity index (χ3v) is 4.32. The van der Waals surface area contributed by atoms with E-state index in [4.69, 9.17) is 4.74 Å². The lowest BCUT2D eigenvalue weighted by atomic mass is 10.0. The SMILES string of the molecule is CCCCOCCCCc1ccc(C#Cc2ccc(C(C)=O)cc2)cc1F. The number of halogens is 1. The number of rotatable bonds is 9. The summed E-state index contributed by atoms with van der Waals surface area (Å²) in [5, 5.41) is 0. The number of carbonyl (C=O) groups is 1. The first-order valence-corrected chi connectivity index (χ1v) is 9.59. The monoisotopic (exact) mass is 366 g/mol. The van der Waals surface area contributed by atoms with Crippen LogP contribution in [-0.2, 0) is 11.2 Å². The summed E-state index contributed by atoms with van der Waals surface area (Å²) < 4.78 is 19.8. The molecule has 2 aromatic carbocycles. The van der Waals surface area contributed by atoms with Crippen molar-refractivity contribution in [3.05, 3.63) is 70.5 Å². The highest BCUT2D eigenvalue weighted by atomic mass is 19.1. The van der Waals surface area contributed by atoms with Gasteiger partial charge in [-0.1, -0.05) is 43.4 Å². The zero-order valence-electron chi connectivity index (χ0n) is 16.2. The van der Waals surface area contributed by atoms with Gasteiger partial charge in [0.25, 0.3) is 0 Å². The second-order valence-electron chi connectivity index (χ2n) is 6.61. The van der Waals surface area contributed by atoms with Crippen molar-refractivity contribution >= 4 is 5.78 Å². The first-order chi connectivity index (χ1) is 13.1. The molecule has 142 valence electrons. The zero-order valence-corrected chi connectivity index (χ0v) is 16.2. The molecular weight excluding hydrogens is 339 g/mol. The largest absolute Gasteiger partial charge is 0.381 e. The summed E-state index contributed by atoms with van der Waals surface area (Å²) in [6.07, 6.45) is 4.81. The number of carbonyl (C=O) groups excluding carboxylic acids is 1. The molecule has 0 heterocycles. The quantitative estimate of drug-likeness (QED) is 0.330. The van der Waals surface area contributed by atoms with Crippen molar-refractivity contribution in [2.75, 3.05) is 13.2 Å². The van der Waals surface area contributed by atoms with Gasteiger partial charge in [0.15, 0.2) is 5.78 Å². The maximum Gasteiger partial charge on any atom is 0.159 e. The molecular formula is C24H27FO2. The minimum absolute atomic E-state index is 0.0275. The second kappa shape index (κ2) is 11.3. The number of hydrogen-bond acceptors (Lipinski definition) is 2. The Morgan fingerprint density at radius 3 is 2.30 bits per heavy atom. The predicted molar refractivity (Wildman–Crippen MR) is 107 cm³/mol. The molecule has 2 aromatic rings. The Morgan fingerprint density at radius 2 is 1.63 bits per heavy atom. The highest BCUT2D eigenvalue weighted by molar-refractivity contribution is 5.94. The van der Waals surface area contributed by atoms with Gasteiger partial charge in [-0.15, -0.1) is 0 Å². The van der Waals surface area contributed by atoms with Crippen LogP contribution >= 0.6 is 0 Å². The van der Waals surface area contributed by atoms with Gasteiger partial charge in [-0.3, -0.25) is 4.79 Å². The number of ketones is 1. The number of aryl methyl sites for hydroxylation is 1. The molecule has 2 nitrogen and oxygen atoms in total. The third-order valence-electron chi connectivity index (χ3n) is 4.32. The van der Waals surface area contributed by atoms with Gasteiger partial charge in [0, 0.05) is 29.9 Å². The lowest BCUT2D eigenvalue weighted by molar-refractivity contribution is 0.101. The average molecular weight is 366 g/mol. The predicted octanol–water partition coefficient (Wildman–Crippen LogP) is 5.57. The van der Waals surface area contributed by atoms with Crippen molar-refractivity contribution in [1.29, 1.82) is 0 Å². The van der Waals surface area contributed by atoms with E-state index in [9.17, 15) is 9.18 Å². The Balaban J connectivity index is 1.86. The lowest BCUT2D eigenvalue weighted by Gasteiger charge is -2.05. The van der Waals surface area contributed by atoms with Gasteiger partial charge in [0.2, 0.25) is 0 Å². The van der Waals surface area contributed by atoms with Crippen LogP contribution in [0.4, 0.5) is 4.39 Å². The van der Waals surface area contributed by atoms with E-state index in [-0.39, 0.29) is 11.6 Å². The van der Waals surface area contributed by atoms with Gasteiger partial charge in [-0.2, -0.15) is 0 Å². The van der Waals surface area contributed by atoms with Gasteiger partial charge in [0.1, 0.15) is 5.82 Å². The molecule has 0 amide bonds. The Kier molecular flexibility index (Phi) is 8.74. The van der Waals surface area contributed by atoms with Gasteiger partial charge >= 0.3 is 0 Å². The lowest BCUT2D eigenvalue weighted by Crippen LogP contribution is -1.98. The molecule has 0 unspecified atom stereocenters. The van der Waals surface area contributed by atoms with Crippen LogP contribution in [-0.4, -0.2) is 19.0 Å². The molecule has 3 heteroatoms. The molecule has 0 aromatic heterocycles. The summed E-state index contributed by atoms with van der Waals surface area (Å²) in [5.41, 5.74) is 2.83. The molecule has 0 aliphatic carbocycles.